The van der Waals surface area contributed by atoms with Gasteiger partial charge in [0.15, 0.2) is 0 Å². The Labute approximate surface area is 404 Å². The van der Waals surface area contributed by atoms with Crippen molar-refractivity contribution in [3.63, 3.8) is 0 Å². The molecule has 382 valence electrons. The van der Waals surface area contributed by atoms with Crippen LogP contribution in [0.2, 0.25) is 0 Å². The number of methoxy groups -OCH3 is 1. The number of esters is 2. The number of halogens is 6. The molecule has 2 saturated carbocycles. The minimum Gasteiger partial charge on any atom is -0.490 e. The van der Waals surface area contributed by atoms with Crippen LogP contribution in [-0.4, -0.2) is 62.3 Å². The summed E-state index contributed by atoms with van der Waals surface area (Å²) in [5, 5.41) is 7.99. The van der Waals surface area contributed by atoms with Crippen molar-refractivity contribution in [2.75, 3.05) is 20.2 Å². The molecule has 2 fully saturated rings. The number of hydrogen-bond acceptors (Lipinski definition) is 8. The summed E-state index contributed by atoms with van der Waals surface area (Å²) >= 11 is 0. The van der Waals surface area contributed by atoms with Crippen LogP contribution in [-0.2, 0) is 19.1 Å². The molecule has 2 atom stereocenters. The third-order valence-corrected chi connectivity index (χ3v) is 13.4. The number of benzene rings is 4. The average molecular weight is 973 g/mol. The van der Waals surface area contributed by atoms with E-state index in [0.717, 1.165) is 73.6 Å². The number of carbonyl (C=O) groups is 2. The molecule has 2 aliphatic rings. The van der Waals surface area contributed by atoms with Crippen LogP contribution in [0.5, 0.6) is 11.5 Å². The van der Waals surface area contributed by atoms with E-state index < -0.39 is 42.0 Å². The fourth-order valence-corrected chi connectivity index (χ4v) is 9.45. The summed E-state index contributed by atoms with van der Waals surface area (Å²) in [6.07, 6.45) is -0.275. The minimum atomic E-state index is -4.50. The summed E-state index contributed by atoms with van der Waals surface area (Å²) < 4.78 is 105. The van der Waals surface area contributed by atoms with E-state index in [1.54, 1.807) is 45.0 Å². The molecule has 4 aromatic rings. The van der Waals surface area contributed by atoms with Crippen molar-refractivity contribution in [1.29, 1.82) is 0 Å². The van der Waals surface area contributed by atoms with Gasteiger partial charge >= 0.3 is 24.3 Å². The van der Waals surface area contributed by atoms with Crippen LogP contribution in [0.3, 0.4) is 0 Å². The number of nitrogens with one attached hydrogen (secondary N) is 2. The summed E-state index contributed by atoms with van der Waals surface area (Å²) in [5.41, 5.74) is 0.161. The molecule has 2 unspecified atom stereocenters. The van der Waals surface area contributed by atoms with Crippen LogP contribution in [0, 0.1) is 22.7 Å². The number of fused-ring (bicyclic) bond motifs is 2. The van der Waals surface area contributed by atoms with Crippen LogP contribution in [0.1, 0.15) is 150 Å². The SMILES string of the molecule is CC(C)(C)OC(=O)CCNC(c1ccc2cc(OC3CCC(C(C)(C)C)CC3)ccc2c1)C(F)(F)F.COC(=O)CCNC(c1ccc2cc(OC3CCC(C(C)(C)C)CC3)ccc2c1)C(F)(F)F. The van der Waals surface area contributed by atoms with Gasteiger partial charge in [-0.2, -0.15) is 26.3 Å². The summed E-state index contributed by atoms with van der Waals surface area (Å²) in [4.78, 5) is 23.1. The summed E-state index contributed by atoms with van der Waals surface area (Å²) in [5.74, 6) is 1.81. The second kappa shape index (κ2) is 23.1. The fourth-order valence-electron chi connectivity index (χ4n) is 9.45. The monoisotopic (exact) mass is 973 g/mol. The molecule has 14 heteroatoms. The van der Waals surface area contributed by atoms with Gasteiger partial charge in [0, 0.05) is 13.1 Å². The second-order valence-corrected chi connectivity index (χ2v) is 22.0. The van der Waals surface area contributed by atoms with Gasteiger partial charge in [0.05, 0.1) is 32.2 Å². The van der Waals surface area contributed by atoms with Gasteiger partial charge in [-0.05, 0) is 164 Å². The van der Waals surface area contributed by atoms with E-state index in [4.69, 9.17) is 14.2 Å². The molecule has 2 aliphatic carbocycles. The first kappa shape index (κ1) is 55.4. The van der Waals surface area contributed by atoms with Gasteiger partial charge in [0.25, 0.3) is 0 Å². The normalized spacial score (nSPS) is 20.3. The predicted molar refractivity (Wildman–Crippen MR) is 260 cm³/mol. The number of carbonyl (C=O) groups excluding carboxylic acids is 2. The molecular weight excluding hydrogens is 899 g/mol. The van der Waals surface area contributed by atoms with E-state index in [9.17, 15) is 35.9 Å². The van der Waals surface area contributed by atoms with Gasteiger partial charge in [-0.3, -0.25) is 9.59 Å². The number of hydrogen-bond donors (Lipinski definition) is 2. The zero-order valence-electron chi connectivity index (χ0n) is 42.1. The van der Waals surface area contributed by atoms with E-state index in [-0.39, 0.29) is 49.3 Å². The summed E-state index contributed by atoms with van der Waals surface area (Å²) in [6.45, 7) is 18.6. The molecule has 8 nitrogen and oxygen atoms in total. The first-order chi connectivity index (χ1) is 32.1. The third-order valence-electron chi connectivity index (χ3n) is 13.4. The highest BCUT2D eigenvalue weighted by molar-refractivity contribution is 5.85. The Morgan fingerprint density at radius 1 is 0.522 bits per heavy atom. The first-order valence-corrected chi connectivity index (χ1v) is 24.4. The molecule has 0 spiro atoms. The standard InChI is InChI=1S/C29H40F3NO3.C26H34F3NO3/c1-27(2,3)22-10-13-23(14-11-22)35-24-12-9-19-17-21(8-7-20(19)18-24)26(29(30,31)32)33-16-15-25(34)36-28(4,5)6;1-25(2,3)20-8-11-21(12-9-20)33-22-10-7-17-15-19(6-5-18(17)16-22)24(26(27,28)29)30-14-13-23(31)32-4/h7-9,12,17-18,22-23,26,33H,10-11,13-16H2,1-6H3;5-7,10,15-16,20-21,24,30H,8-9,11-14H2,1-4H3. The van der Waals surface area contributed by atoms with Gasteiger partial charge in [-0.1, -0.05) is 77.9 Å². The zero-order chi connectivity index (χ0) is 51.0. The number of alkyl halides is 6. The highest BCUT2D eigenvalue weighted by Gasteiger charge is 2.42. The molecule has 0 radical (unpaired) electrons. The molecule has 0 bridgehead atoms. The van der Waals surface area contributed by atoms with Crippen LogP contribution in [0.25, 0.3) is 21.5 Å². The Balaban J connectivity index is 0.000000258. The Kier molecular flexibility index (Phi) is 18.5. The number of rotatable bonds is 14. The average Bonchev–Trinajstić information content (AvgIpc) is 3.25. The Morgan fingerprint density at radius 2 is 0.870 bits per heavy atom. The lowest BCUT2D eigenvalue weighted by Gasteiger charge is -2.37. The van der Waals surface area contributed by atoms with Crippen molar-refractivity contribution in [2.45, 2.75) is 169 Å². The van der Waals surface area contributed by atoms with Crippen LogP contribution >= 0.6 is 0 Å². The molecule has 0 amide bonds. The fraction of sp³-hybridized carbons (Fsp3) is 0.600. The van der Waals surface area contributed by atoms with Crippen molar-refractivity contribution in [3.8, 4) is 11.5 Å². The first-order valence-electron chi connectivity index (χ1n) is 24.4. The predicted octanol–water partition coefficient (Wildman–Crippen LogP) is 14.3. The molecule has 0 aromatic heterocycles. The summed E-state index contributed by atoms with van der Waals surface area (Å²) in [6, 6.07) is 16.8. The lowest BCUT2D eigenvalue weighted by atomic mass is 9.72. The molecule has 6 rings (SSSR count). The van der Waals surface area contributed by atoms with Gasteiger partial charge < -0.3 is 29.6 Å². The second-order valence-electron chi connectivity index (χ2n) is 22.0. The maximum Gasteiger partial charge on any atom is 0.407 e. The van der Waals surface area contributed by atoms with Crippen molar-refractivity contribution in [2.24, 2.45) is 22.7 Å². The maximum absolute atomic E-state index is 13.8. The lowest BCUT2D eigenvalue weighted by Crippen LogP contribution is -2.36. The maximum atomic E-state index is 13.8. The van der Waals surface area contributed by atoms with E-state index in [1.807, 2.05) is 30.3 Å². The molecule has 69 heavy (non-hydrogen) atoms. The van der Waals surface area contributed by atoms with Crippen molar-refractivity contribution >= 4 is 33.5 Å². The molecular formula is C55H74F6N2O6. The lowest BCUT2D eigenvalue weighted by molar-refractivity contribution is -0.161. The summed E-state index contributed by atoms with van der Waals surface area (Å²) in [7, 11) is 1.21. The molecule has 0 saturated heterocycles. The minimum absolute atomic E-state index is 0.105. The molecule has 0 heterocycles. The van der Waals surface area contributed by atoms with Crippen LogP contribution < -0.4 is 20.1 Å². The quantitative estimate of drug-likeness (QED) is 0.0953. The van der Waals surface area contributed by atoms with Gasteiger partial charge in [-0.25, -0.2) is 0 Å². The van der Waals surface area contributed by atoms with Crippen LogP contribution in [0.15, 0.2) is 72.8 Å². The topological polar surface area (TPSA) is 95.1 Å². The van der Waals surface area contributed by atoms with Crippen molar-refractivity contribution in [3.05, 3.63) is 83.9 Å². The Morgan fingerprint density at radius 3 is 1.20 bits per heavy atom. The van der Waals surface area contributed by atoms with E-state index in [2.05, 4.69) is 56.9 Å². The number of ether oxygens (including phenoxy) is 4. The van der Waals surface area contributed by atoms with Crippen molar-refractivity contribution in [1.82, 2.24) is 10.6 Å². The van der Waals surface area contributed by atoms with Gasteiger partial charge in [0.1, 0.15) is 29.2 Å². The van der Waals surface area contributed by atoms with Crippen molar-refractivity contribution < 1.29 is 54.9 Å². The van der Waals surface area contributed by atoms with Gasteiger partial charge in [-0.15, -0.1) is 0 Å². The Hall–Kier alpha value is -4.56. The van der Waals surface area contributed by atoms with Gasteiger partial charge in [0.2, 0.25) is 0 Å². The molecule has 4 aromatic carbocycles. The molecule has 2 N–H and O–H groups in total. The molecule has 0 aliphatic heterocycles. The van der Waals surface area contributed by atoms with E-state index >= 15 is 0 Å². The highest BCUT2D eigenvalue weighted by atomic mass is 19.4. The van der Waals surface area contributed by atoms with E-state index in [1.165, 1.54) is 25.3 Å². The highest BCUT2D eigenvalue weighted by Crippen LogP contribution is 2.41. The smallest absolute Gasteiger partial charge is 0.407 e. The van der Waals surface area contributed by atoms with E-state index in [0.29, 0.717) is 33.4 Å². The zero-order valence-corrected chi connectivity index (χ0v) is 42.1. The largest absolute Gasteiger partial charge is 0.490 e. The third kappa shape index (κ3) is 17.1. The van der Waals surface area contributed by atoms with Crippen LogP contribution in [0.4, 0.5) is 26.3 Å². The Bertz CT molecular complexity index is 2290.